The lowest BCUT2D eigenvalue weighted by atomic mass is 10.6. The number of imidazole rings is 1. The zero-order valence-corrected chi connectivity index (χ0v) is 8.10. The molecule has 0 aliphatic carbocycles. The Morgan fingerprint density at radius 3 is 2.85 bits per heavy atom. The maximum Gasteiger partial charge on any atom is 0.342 e. The van der Waals surface area contributed by atoms with Crippen molar-refractivity contribution >= 4 is 19.3 Å². The lowest BCUT2D eigenvalue weighted by Crippen LogP contribution is -2.07. The van der Waals surface area contributed by atoms with E-state index in [1.54, 1.807) is 6.92 Å². The van der Waals surface area contributed by atoms with E-state index in [0.29, 0.717) is 5.82 Å². The van der Waals surface area contributed by atoms with Gasteiger partial charge in [0.15, 0.2) is 5.82 Å². The number of aromatic nitrogens is 2. The first-order valence-electron chi connectivity index (χ1n) is 3.44. The third kappa shape index (κ3) is 2.43. The van der Waals surface area contributed by atoms with Gasteiger partial charge in [0.2, 0.25) is 0 Å². The van der Waals surface area contributed by atoms with Crippen molar-refractivity contribution in [2.24, 2.45) is 0 Å². The standard InChI is InChI=1S/C6H9N3O3.H2S/c1-5-7-4-6(9(11)12)8(5)2-3-10;/h4,10H,2-3H2,1H3;1H2. The molecule has 1 N–H and O–H groups in total. The number of nitrogens with zero attached hydrogens (tertiary/aromatic N) is 3. The molecule has 0 aliphatic heterocycles. The van der Waals surface area contributed by atoms with Crippen LogP contribution in [0.3, 0.4) is 0 Å². The van der Waals surface area contributed by atoms with E-state index in [4.69, 9.17) is 5.11 Å². The average Bonchev–Trinajstić information content (AvgIpc) is 2.34. The van der Waals surface area contributed by atoms with Crippen LogP contribution in [0.4, 0.5) is 5.82 Å². The monoisotopic (exact) mass is 205 g/mol. The van der Waals surface area contributed by atoms with Crippen LogP contribution < -0.4 is 0 Å². The van der Waals surface area contributed by atoms with Gasteiger partial charge in [0.1, 0.15) is 12.7 Å². The normalized spacial score (nSPS) is 9.38. The molecule has 6 nitrogen and oxygen atoms in total. The van der Waals surface area contributed by atoms with Crippen LogP contribution in [-0.4, -0.2) is 26.2 Å². The highest BCUT2D eigenvalue weighted by Gasteiger charge is 2.15. The number of aryl methyl sites for hydroxylation is 1. The third-order valence-corrected chi connectivity index (χ3v) is 1.54. The molecule has 0 fully saturated rings. The van der Waals surface area contributed by atoms with Gasteiger partial charge in [-0.1, -0.05) is 0 Å². The van der Waals surface area contributed by atoms with Gasteiger partial charge in [-0.25, -0.2) is 9.55 Å². The molecule has 1 aromatic heterocycles. The lowest BCUT2D eigenvalue weighted by Gasteiger charge is -1.98. The van der Waals surface area contributed by atoms with Crippen molar-refractivity contribution in [1.29, 1.82) is 0 Å². The summed E-state index contributed by atoms with van der Waals surface area (Å²) in [7, 11) is 0. The lowest BCUT2D eigenvalue weighted by molar-refractivity contribution is -0.392. The first-order valence-corrected chi connectivity index (χ1v) is 3.44. The molecule has 0 saturated heterocycles. The van der Waals surface area contributed by atoms with Gasteiger partial charge in [0.25, 0.3) is 0 Å². The second-order valence-electron chi connectivity index (χ2n) is 2.30. The van der Waals surface area contributed by atoms with Crippen LogP contribution in [0.2, 0.25) is 0 Å². The zero-order valence-electron chi connectivity index (χ0n) is 7.10. The van der Waals surface area contributed by atoms with E-state index >= 15 is 0 Å². The summed E-state index contributed by atoms with van der Waals surface area (Å²) < 4.78 is 1.36. The average molecular weight is 205 g/mol. The topological polar surface area (TPSA) is 81.2 Å². The number of aliphatic hydroxyl groups excluding tert-OH is 1. The quantitative estimate of drug-likeness (QED) is 0.564. The summed E-state index contributed by atoms with van der Waals surface area (Å²) in [5.41, 5.74) is 0. The van der Waals surface area contributed by atoms with Crippen LogP contribution in [-0.2, 0) is 6.54 Å². The van der Waals surface area contributed by atoms with Crippen molar-refractivity contribution in [3.05, 3.63) is 22.1 Å². The van der Waals surface area contributed by atoms with Gasteiger partial charge in [0, 0.05) is 6.92 Å². The minimum absolute atomic E-state index is 0. The molecule has 74 valence electrons. The molecule has 0 aromatic carbocycles. The molecular formula is C6H11N3O3S. The molecule has 0 unspecified atom stereocenters. The van der Waals surface area contributed by atoms with Gasteiger partial charge in [-0.2, -0.15) is 13.5 Å². The summed E-state index contributed by atoms with van der Waals surface area (Å²) in [6.07, 6.45) is 1.19. The van der Waals surface area contributed by atoms with Crippen LogP contribution in [0.1, 0.15) is 5.82 Å². The molecule has 1 aromatic rings. The van der Waals surface area contributed by atoms with Crippen molar-refractivity contribution in [2.45, 2.75) is 13.5 Å². The molecule has 13 heavy (non-hydrogen) atoms. The van der Waals surface area contributed by atoms with E-state index < -0.39 is 4.92 Å². The van der Waals surface area contributed by atoms with Gasteiger partial charge in [-0.15, -0.1) is 0 Å². The number of nitro groups is 1. The van der Waals surface area contributed by atoms with Gasteiger partial charge >= 0.3 is 5.82 Å². The highest BCUT2D eigenvalue weighted by Crippen LogP contribution is 2.12. The molecule has 0 spiro atoms. The second-order valence-corrected chi connectivity index (χ2v) is 2.30. The Kier molecular flexibility index (Phi) is 4.43. The van der Waals surface area contributed by atoms with E-state index in [0.717, 1.165) is 0 Å². The van der Waals surface area contributed by atoms with Crippen LogP contribution in [0.15, 0.2) is 6.20 Å². The predicted octanol–water partition coefficient (Wildman–Crippen LogP) is 0.205. The minimum Gasteiger partial charge on any atom is -0.392 e. The van der Waals surface area contributed by atoms with Crippen molar-refractivity contribution in [1.82, 2.24) is 9.55 Å². The molecule has 0 saturated carbocycles. The molecule has 0 amide bonds. The first-order chi connectivity index (χ1) is 5.66. The summed E-state index contributed by atoms with van der Waals surface area (Å²) in [4.78, 5) is 13.6. The molecule has 7 heteroatoms. The molecule has 1 heterocycles. The van der Waals surface area contributed by atoms with E-state index in [1.807, 2.05) is 0 Å². The molecule has 0 radical (unpaired) electrons. The summed E-state index contributed by atoms with van der Waals surface area (Å²) in [5.74, 6) is 0.456. The van der Waals surface area contributed by atoms with Crippen molar-refractivity contribution in [2.75, 3.05) is 6.61 Å². The maximum atomic E-state index is 10.4. The Bertz CT molecular complexity index is 299. The largest absolute Gasteiger partial charge is 0.392 e. The first kappa shape index (κ1) is 11.9. The van der Waals surface area contributed by atoms with Crippen molar-refractivity contribution in [3.8, 4) is 0 Å². The van der Waals surface area contributed by atoms with Gasteiger partial charge < -0.3 is 15.2 Å². The van der Waals surface area contributed by atoms with Crippen molar-refractivity contribution in [3.63, 3.8) is 0 Å². The fourth-order valence-corrected chi connectivity index (χ4v) is 0.978. The van der Waals surface area contributed by atoms with Crippen molar-refractivity contribution < 1.29 is 10.0 Å². The Hall–Kier alpha value is -1.08. The second kappa shape index (κ2) is 4.83. The minimum atomic E-state index is -0.518. The smallest absolute Gasteiger partial charge is 0.342 e. The zero-order chi connectivity index (χ0) is 9.14. The summed E-state index contributed by atoms with van der Waals surface area (Å²) in [6, 6.07) is 0. The molecule has 1 rings (SSSR count). The molecule has 0 bridgehead atoms. The van der Waals surface area contributed by atoms with Crippen LogP contribution in [0, 0.1) is 17.0 Å². The third-order valence-electron chi connectivity index (χ3n) is 1.54. The van der Waals surface area contributed by atoms with Gasteiger partial charge in [-0.05, 0) is 4.92 Å². The molecule has 0 atom stereocenters. The van der Waals surface area contributed by atoms with E-state index in [-0.39, 0.29) is 32.5 Å². The van der Waals surface area contributed by atoms with E-state index in [9.17, 15) is 10.1 Å². The fraction of sp³-hybridized carbons (Fsp3) is 0.500. The van der Waals surface area contributed by atoms with Crippen LogP contribution >= 0.6 is 13.5 Å². The van der Waals surface area contributed by atoms with E-state index in [1.165, 1.54) is 10.8 Å². The highest BCUT2D eigenvalue weighted by atomic mass is 32.1. The highest BCUT2D eigenvalue weighted by molar-refractivity contribution is 7.59. The number of aliphatic hydroxyl groups is 1. The Balaban J connectivity index is 0.00000144. The van der Waals surface area contributed by atoms with Crippen LogP contribution in [0.5, 0.6) is 0 Å². The van der Waals surface area contributed by atoms with Gasteiger partial charge in [-0.3, -0.25) is 0 Å². The SMILES string of the molecule is Cc1ncc([N+](=O)[O-])n1CCO.S. The fourth-order valence-electron chi connectivity index (χ4n) is 0.978. The predicted molar refractivity (Wildman–Crippen MR) is 51.1 cm³/mol. The molecular weight excluding hydrogens is 194 g/mol. The number of rotatable bonds is 3. The number of hydrogen-bond acceptors (Lipinski definition) is 4. The van der Waals surface area contributed by atoms with Gasteiger partial charge in [0.05, 0.1) is 6.61 Å². The van der Waals surface area contributed by atoms with Crippen LogP contribution in [0.25, 0.3) is 0 Å². The Morgan fingerprint density at radius 2 is 2.38 bits per heavy atom. The Morgan fingerprint density at radius 1 is 1.77 bits per heavy atom. The number of hydrogen-bond donors (Lipinski definition) is 1. The molecule has 0 aliphatic rings. The summed E-state index contributed by atoms with van der Waals surface area (Å²) >= 11 is 0. The Labute approximate surface area is 81.8 Å². The summed E-state index contributed by atoms with van der Waals surface area (Å²) in [6.45, 7) is 1.74. The summed E-state index contributed by atoms with van der Waals surface area (Å²) in [5, 5.41) is 19.0. The maximum absolute atomic E-state index is 10.4. The van der Waals surface area contributed by atoms with E-state index in [2.05, 4.69) is 4.98 Å².